The molecule has 6 heteroatoms. The van der Waals surface area contributed by atoms with Crippen LogP contribution in [0.25, 0.3) is 0 Å². The van der Waals surface area contributed by atoms with E-state index in [4.69, 9.17) is 10.8 Å². The number of carboxylic acid groups (broad SMARTS) is 1. The number of hydrogen-bond acceptors (Lipinski definition) is 3. The fourth-order valence-electron chi connectivity index (χ4n) is 1.11. The number of benzene rings is 1. The van der Waals surface area contributed by atoms with Gasteiger partial charge in [0.2, 0.25) is 5.91 Å². The molecule has 0 saturated carbocycles. The Bertz CT molecular complexity index is 458. The average Bonchev–Trinajstić information content (AvgIpc) is 2.26. The molecule has 5 nitrogen and oxygen atoms in total. The molecule has 16 heavy (non-hydrogen) atoms. The van der Waals surface area contributed by atoms with Gasteiger partial charge < -0.3 is 10.8 Å². The van der Waals surface area contributed by atoms with E-state index in [9.17, 15) is 13.8 Å². The van der Waals surface area contributed by atoms with E-state index in [2.05, 4.69) is 0 Å². The monoisotopic (exact) mass is 241 g/mol. The van der Waals surface area contributed by atoms with E-state index >= 15 is 0 Å². The molecule has 2 unspecified atom stereocenters. The van der Waals surface area contributed by atoms with E-state index in [1.807, 2.05) is 0 Å². The molecular formula is C10H11NO4S. The second kappa shape index (κ2) is 4.89. The molecule has 86 valence electrons. The number of rotatable bonds is 4. The molecule has 2 atom stereocenters. The Labute approximate surface area is 94.7 Å². The summed E-state index contributed by atoms with van der Waals surface area (Å²) < 4.78 is 11.9. The molecule has 0 bridgehead atoms. The van der Waals surface area contributed by atoms with E-state index in [-0.39, 0.29) is 10.5 Å². The van der Waals surface area contributed by atoms with Crippen molar-refractivity contribution in [3.63, 3.8) is 0 Å². The molecule has 0 spiro atoms. The van der Waals surface area contributed by atoms with Crippen LogP contribution in [0.5, 0.6) is 0 Å². The highest BCUT2D eigenvalue weighted by molar-refractivity contribution is 7.86. The maximum absolute atomic E-state index is 11.9. The van der Waals surface area contributed by atoms with Gasteiger partial charge in [0.15, 0.2) is 0 Å². The molecule has 3 N–H and O–H groups in total. The molecule has 0 aliphatic rings. The second-order valence-corrected chi connectivity index (χ2v) is 4.89. The summed E-state index contributed by atoms with van der Waals surface area (Å²) in [5, 5.41) is 7.97. The average molecular weight is 241 g/mol. The largest absolute Gasteiger partial charge is 0.478 e. The van der Waals surface area contributed by atoms with Crippen molar-refractivity contribution in [3.8, 4) is 0 Å². The van der Waals surface area contributed by atoms with Gasteiger partial charge in [-0.1, -0.05) is 12.1 Å². The lowest BCUT2D eigenvalue weighted by Crippen LogP contribution is -2.30. The Morgan fingerprint density at radius 1 is 1.38 bits per heavy atom. The topological polar surface area (TPSA) is 97.5 Å². The molecule has 0 fully saturated rings. The van der Waals surface area contributed by atoms with Gasteiger partial charge in [-0.05, 0) is 19.1 Å². The maximum atomic E-state index is 11.9. The van der Waals surface area contributed by atoms with Gasteiger partial charge in [-0.3, -0.25) is 9.00 Å². The zero-order valence-corrected chi connectivity index (χ0v) is 9.36. The number of aromatic carboxylic acids is 1. The Kier molecular flexibility index (Phi) is 3.78. The van der Waals surface area contributed by atoms with Gasteiger partial charge in [0.25, 0.3) is 0 Å². The number of hydrogen-bond donors (Lipinski definition) is 2. The van der Waals surface area contributed by atoms with E-state index in [1.165, 1.54) is 25.1 Å². The van der Waals surface area contributed by atoms with Crippen molar-refractivity contribution in [1.82, 2.24) is 0 Å². The van der Waals surface area contributed by atoms with Crippen LogP contribution in [0.4, 0.5) is 0 Å². The molecule has 1 rings (SSSR count). The summed E-state index contributed by atoms with van der Waals surface area (Å²) >= 11 is 0. The molecule has 0 heterocycles. The first kappa shape index (κ1) is 12.4. The zero-order chi connectivity index (χ0) is 12.3. The number of nitrogens with two attached hydrogens (primary N) is 1. The summed E-state index contributed by atoms with van der Waals surface area (Å²) in [4.78, 5) is 21.9. The lowest BCUT2D eigenvalue weighted by molar-refractivity contribution is -0.117. The van der Waals surface area contributed by atoms with Crippen molar-refractivity contribution < 1.29 is 18.9 Å². The third-order valence-electron chi connectivity index (χ3n) is 2.06. The van der Waals surface area contributed by atoms with E-state index in [0.29, 0.717) is 0 Å². The van der Waals surface area contributed by atoms with E-state index in [1.54, 1.807) is 6.07 Å². The van der Waals surface area contributed by atoms with Crippen LogP contribution in [-0.2, 0) is 15.6 Å². The van der Waals surface area contributed by atoms with Gasteiger partial charge in [-0.15, -0.1) is 0 Å². The highest BCUT2D eigenvalue weighted by atomic mass is 32.2. The summed E-state index contributed by atoms with van der Waals surface area (Å²) in [5.74, 6) is -1.90. The van der Waals surface area contributed by atoms with Crippen molar-refractivity contribution in [1.29, 1.82) is 0 Å². The lowest BCUT2D eigenvalue weighted by Gasteiger charge is -2.09. The number of carbonyl (C=O) groups excluding carboxylic acids is 1. The van der Waals surface area contributed by atoms with Gasteiger partial charge in [0.05, 0.1) is 21.3 Å². The van der Waals surface area contributed by atoms with Crippen LogP contribution >= 0.6 is 0 Å². The first-order valence-corrected chi connectivity index (χ1v) is 5.68. The fraction of sp³-hybridized carbons (Fsp3) is 0.200. The molecule has 1 aromatic rings. The van der Waals surface area contributed by atoms with Crippen LogP contribution < -0.4 is 5.73 Å². The Morgan fingerprint density at radius 2 is 1.94 bits per heavy atom. The third-order valence-corrected chi connectivity index (χ3v) is 3.72. The van der Waals surface area contributed by atoms with Crippen molar-refractivity contribution in [2.75, 3.05) is 0 Å². The first-order valence-electron chi connectivity index (χ1n) is 4.47. The summed E-state index contributed by atoms with van der Waals surface area (Å²) in [6, 6.07) is 5.84. The van der Waals surface area contributed by atoms with Crippen LogP contribution in [0, 0.1) is 0 Å². The summed E-state index contributed by atoms with van der Waals surface area (Å²) in [6.07, 6.45) is 0. The predicted molar refractivity (Wildman–Crippen MR) is 58.5 cm³/mol. The number of carboxylic acids is 1. The fourth-order valence-corrected chi connectivity index (χ4v) is 2.29. The Hall–Kier alpha value is -1.69. The zero-order valence-electron chi connectivity index (χ0n) is 8.54. The smallest absolute Gasteiger partial charge is 0.336 e. The predicted octanol–water partition coefficient (Wildman–Crippen LogP) is 0.366. The van der Waals surface area contributed by atoms with Crippen molar-refractivity contribution in [3.05, 3.63) is 29.8 Å². The second-order valence-electron chi connectivity index (χ2n) is 3.14. The van der Waals surface area contributed by atoms with Crippen LogP contribution in [-0.4, -0.2) is 26.4 Å². The van der Waals surface area contributed by atoms with E-state index in [0.717, 1.165) is 0 Å². The summed E-state index contributed by atoms with van der Waals surface area (Å²) in [5.41, 5.74) is 4.95. The molecule has 0 aromatic heterocycles. The number of primary amides is 1. The highest BCUT2D eigenvalue weighted by Crippen LogP contribution is 2.16. The van der Waals surface area contributed by atoms with Gasteiger partial charge in [-0.2, -0.15) is 0 Å². The minimum absolute atomic E-state index is 0.0751. The molecule has 0 radical (unpaired) electrons. The quantitative estimate of drug-likeness (QED) is 0.795. The molecule has 0 aliphatic heterocycles. The standard InChI is InChI=1S/C10H11NO4S/c1-6(9(11)12)16(15)8-5-3-2-4-7(8)10(13)14/h2-6H,1H3,(H2,11,12)(H,13,14). The molecule has 1 aromatic carbocycles. The van der Waals surface area contributed by atoms with Crippen molar-refractivity contribution in [2.45, 2.75) is 17.1 Å². The molecular weight excluding hydrogens is 230 g/mol. The Morgan fingerprint density at radius 3 is 2.44 bits per heavy atom. The highest BCUT2D eigenvalue weighted by Gasteiger charge is 2.22. The van der Waals surface area contributed by atoms with Crippen molar-refractivity contribution >= 4 is 22.7 Å². The lowest BCUT2D eigenvalue weighted by atomic mass is 10.2. The van der Waals surface area contributed by atoms with Gasteiger partial charge >= 0.3 is 5.97 Å². The molecule has 0 aliphatic carbocycles. The Balaban J connectivity index is 3.18. The maximum Gasteiger partial charge on any atom is 0.336 e. The SMILES string of the molecule is CC(C(N)=O)S(=O)c1ccccc1C(=O)O. The minimum atomic E-state index is -1.75. The summed E-state index contributed by atoms with van der Waals surface area (Å²) in [6.45, 7) is 1.40. The van der Waals surface area contributed by atoms with Gasteiger partial charge in [-0.25, -0.2) is 4.79 Å². The van der Waals surface area contributed by atoms with Gasteiger partial charge in [0, 0.05) is 0 Å². The van der Waals surface area contributed by atoms with Crippen LogP contribution in [0.1, 0.15) is 17.3 Å². The van der Waals surface area contributed by atoms with Crippen LogP contribution in [0.15, 0.2) is 29.2 Å². The van der Waals surface area contributed by atoms with Crippen LogP contribution in [0.3, 0.4) is 0 Å². The third kappa shape index (κ3) is 2.46. The van der Waals surface area contributed by atoms with Crippen LogP contribution in [0.2, 0.25) is 0 Å². The van der Waals surface area contributed by atoms with E-state index < -0.39 is 27.9 Å². The van der Waals surface area contributed by atoms with Gasteiger partial charge in [0.1, 0.15) is 5.25 Å². The minimum Gasteiger partial charge on any atom is -0.478 e. The van der Waals surface area contributed by atoms with Crippen molar-refractivity contribution in [2.24, 2.45) is 5.73 Å². The normalized spacial score (nSPS) is 14.1. The number of amides is 1. The summed E-state index contributed by atoms with van der Waals surface area (Å²) in [7, 11) is -1.75. The molecule has 0 saturated heterocycles. The number of carbonyl (C=O) groups is 2. The molecule has 1 amide bonds. The first-order chi connectivity index (χ1) is 7.45.